The van der Waals surface area contributed by atoms with Crippen LogP contribution >= 0.6 is 0 Å². The number of ether oxygens (including phenoxy) is 3. The van der Waals surface area contributed by atoms with Crippen LogP contribution in [0.25, 0.3) is 0 Å². The van der Waals surface area contributed by atoms with Crippen molar-refractivity contribution < 1.29 is 28.6 Å². The van der Waals surface area contributed by atoms with Crippen molar-refractivity contribution in [2.45, 2.75) is 31.5 Å². The summed E-state index contributed by atoms with van der Waals surface area (Å²) in [5, 5.41) is 12.4. The van der Waals surface area contributed by atoms with Crippen molar-refractivity contribution in [2.24, 2.45) is 5.92 Å². The number of H-pyrrole nitrogens is 1. The first kappa shape index (κ1) is 24.8. The van der Waals surface area contributed by atoms with Crippen LogP contribution in [0.2, 0.25) is 0 Å². The second-order valence-corrected chi connectivity index (χ2v) is 10.1. The molecular weight excluding hydrogens is 502 g/mol. The minimum Gasteiger partial charge on any atom is -0.493 e. The number of nitrogens with zero attached hydrogens (tertiary/aromatic N) is 2. The summed E-state index contributed by atoms with van der Waals surface area (Å²) < 4.78 is 17.9. The number of hydrogen-bond acceptors (Lipinski definition) is 7. The number of carbonyl (C=O) groups is 3. The monoisotopic (exact) mass is 531 g/mol. The van der Waals surface area contributed by atoms with Gasteiger partial charge in [-0.25, -0.2) is 0 Å². The van der Waals surface area contributed by atoms with Gasteiger partial charge >= 0.3 is 0 Å². The second kappa shape index (κ2) is 10.7. The summed E-state index contributed by atoms with van der Waals surface area (Å²) in [6.07, 6.45) is 4.78. The number of amides is 3. The zero-order valence-corrected chi connectivity index (χ0v) is 21.2. The Kier molecular flexibility index (Phi) is 6.78. The van der Waals surface area contributed by atoms with Gasteiger partial charge < -0.3 is 29.7 Å². The number of aromatic nitrogens is 2. The minimum atomic E-state index is -0.490. The zero-order valence-electron chi connectivity index (χ0n) is 21.2. The molecule has 202 valence electrons. The molecule has 4 aliphatic rings. The molecule has 0 spiro atoms. The van der Waals surface area contributed by atoms with Gasteiger partial charge in [0.25, 0.3) is 17.7 Å². The zero-order chi connectivity index (χ0) is 26.8. The van der Waals surface area contributed by atoms with Gasteiger partial charge in [-0.05, 0) is 48.6 Å². The lowest BCUT2D eigenvalue weighted by molar-refractivity contribution is -0.123. The van der Waals surface area contributed by atoms with E-state index in [4.69, 9.17) is 14.2 Å². The van der Waals surface area contributed by atoms with Crippen LogP contribution in [0.15, 0.2) is 54.9 Å². The van der Waals surface area contributed by atoms with E-state index in [-0.39, 0.29) is 37.4 Å². The predicted octanol–water partition coefficient (Wildman–Crippen LogP) is 1.91. The van der Waals surface area contributed by atoms with E-state index < -0.39 is 12.1 Å². The summed E-state index contributed by atoms with van der Waals surface area (Å²) in [7, 11) is 0. The number of rotatable bonds is 4. The van der Waals surface area contributed by atoms with Crippen molar-refractivity contribution >= 4 is 17.7 Å². The highest BCUT2D eigenvalue weighted by atomic mass is 16.5. The maximum Gasteiger partial charge on any atom is 0.258 e. The molecule has 0 unspecified atom stereocenters. The molecule has 2 fully saturated rings. The molecule has 1 saturated carbocycles. The molecule has 39 heavy (non-hydrogen) atoms. The van der Waals surface area contributed by atoms with Crippen LogP contribution in [-0.4, -0.2) is 71.3 Å². The maximum atomic E-state index is 13.5. The van der Waals surface area contributed by atoms with Crippen LogP contribution in [0.1, 0.15) is 39.1 Å². The summed E-state index contributed by atoms with van der Waals surface area (Å²) in [6, 6.07) is 11.8. The molecule has 1 saturated heterocycles. The normalized spacial score (nSPS) is 21.2. The summed E-state index contributed by atoms with van der Waals surface area (Å²) >= 11 is 0. The lowest BCUT2D eigenvalue weighted by atomic mass is 10.1. The van der Waals surface area contributed by atoms with Crippen LogP contribution in [-0.2, 0) is 11.3 Å². The Morgan fingerprint density at radius 2 is 1.92 bits per heavy atom. The Morgan fingerprint density at radius 1 is 1.08 bits per heavy atom. The van der Waals surface area contributed by atoms with E-state index in [1.807, 2.05) is 24.3 Å². The molecule has 1 aromatic heterocycles. The van der Waals surface area contributed by atoms with Gasteiger partial charge in [-0.3, -0.25) is 19.5 Å². The van der Waals surface area contributed by atoms with E-state index in [0.29, 0.717) is 47.4 Å². The van der Waals surface area contributed by atoms with Gasteiger partial charge in [-0.1, -0.05) is 12.1 Å². The fourth-order valence-electron chi connectivity index (χ4n) is 4.63. The van der Waals surface area contributed by atoms with E-state index in [1.54, 1.807) is 29.3 Å². The van der Waals surface area contributed by atoms with Gasteiger partial charge in [0.1, 0.15) is 23.4 Å². The average Bonchev–Trinajstić information content (AvgIpc) is 3.45. The van der Waals surface area contributed by atoms with Crippen molar-refractivity contribution in [3.8, 4) is 17.2 Å². The SMILES string of the molecule is O=C1COc2cc(OCC3CC3)cc(c2)C(=O)N[C@H]2CN(C(=O)c3cn[nH]c3)C[C@@H]2Oc2ccc(cc2)CN1. The molecule has 4 heterocycles. The Balaban J connectivity index is 1.29. The molecule has 7 rings (SSSR count). The third-order valence-electron chi connectivity index (χ3n) is 7.01. The molecule has 1 aliphatic carbocycles. The van der Waals surface area contributed by atoms with E-state index in [1.165, 1.54) is 6.20 Å². The number of likely N-dealkylation sites (tertiary alicyclic amines) is 1. The second-order valence-electron chi connectivity index (χ2n) is 10.1. The van der Waals surface area contributed by atoms with Gasteiger partial charge in [0.2, 0.25) is 0 Å². The molecule has 3 N–H and O–H groups in total. The highest BCUT2D eigenvalue weighted by molar-refractivity contribution is 5.96. The fraction of sp³-hybridized carbons (Fsp3) is 0.357. The molecule has 11 nitrogen and oxygen atoms in total. The first-order valence-corrected chi connectivity index (χ1v) is 13.0. The van der Waals surface area contributed by atoms with Crippen LogP contribution in [0.5, 0.6) is 17.2 Å². The third kappa shape index (κ3) is 5.97. The fourth-order valence-corrected chi connectivity index (χ4v) is 4.63. The first-order valence-electron chi connectivity index (χ1n) is 13.0. The summed E-state index contributed by atoms with van der Waals surface area (Å²) in [5.41, 5.74) is 1.65. The standard InChI is InChI=1S/C28H29N5O6/c34-26-16-38-23-8-19(7-22(9-23)37-15-18-1-2-18)27(35)32-24-13-33(28(36)20-11-30-31-12-20)14-25(24)39-21-5-3-17(4-6-21)10-29-26/h3-9,11-12,18,24-25H,1-2,10,13-16H2,(H,29,34)(H,30,31)(H,32,35)/t24-,25-/m0/s1. The number of hydrogen-bond donors (Lipinski definition) is 3. The highest BCUT2D eigenvalue weighted by Crippen LogP contribution is 2.31. The van der Waals surface area contributed by atoms with Gasteiger partial charge in [-0.2, -0.15) is 5.10 Å². The van der Waals surface area contributed by atoms with Crippen LogP contribution < -0.4 is 24.8 Å². The quantitative estimate of drug-likeness (QED) is 0.468. The third-order valence-corrected chi connectivity index (χ3v) is 7.01. The van der Waals surface area contributed by atoms with Crippen molar-refractivity contribution in [1.82, 2.24) is 25.7 Å². The predicted molar refractivity (Wildman–Crippen MR) is 139 cm³/mol. The van der Waals surface area contributed by atoms with Crippen LogP contribution in [0, 0.1) is 5.92 Å². The Bertz CT molecular complexity index is 1360. The van der Waals surface area contributed by atoms with Crippen molar-refractivity contribution in [3.05, 3.63) is 71.5 Å². The molecular formula is C28H29N5O6. The van der Waals surface area contributed by atoms with Crippen molar-refractivity contribution in [1.29, 1.82) is 0 Å². The highest BCUT2D eigenvalue weighted by Gasteiger charge is 2.38. The van der Waals surface area contributed by atoms with Gasteiger partial charge in [-0.15, -0.1) is 0 Å². The van der Waals surface area contributed by atoms with E-state index in [0.717, 1.165) is 18.4 Å². The lowest BCUT2D eigenvalue weighted by Gasteiger charge is -2.21. The molecule has 2 atom stereocenters. The molecule has 0 radical (unpaired) electrons. The minimum absolute atomic E-state index is 0.200. The number of fused-ring (bicyclic) bond motifs is 7. The number of benzene rings is 2. The Labute approximate surface area is 224 Å². The van der Waals surface area contributed by atoms with Gasteiger partial charge in [0, 0.05) is 30.9 Å². The first-order chi connectivity index (χ1) is 19.0. The Hall–Kier alpha value is -4.54. The lowest BCUT2D eigenvalue weighted by Crippen LogP contribution is -2.45. The number of nitrogens with one attached hydrogen (secondary N) is 3. The van der Waals surface area contributed by atoms with Gasteiger partial charge in [0.05, 0.1) is 31.0 Å². The van der Waals surface area contributed by atoms with E-state index >= 15 is 0 Å². The van der Waals surface area contributed by atoms with E-state index in [2.05, 4.69) is 20.8 Å². The molecule has 4 bridgehead atoms. The van der Waals surface area contributed by atoms with Crippen LogP contribution in [0.4, 0.5) is 0 Å². The largest absolute Gasteiger partial charge is 0.493 e. The molecule has 3 aromatic rings. The Morgan fingerprint density at radius 3 is 2.69 bits per heavy atom. The molecule has 3 aliphatic heterocycles. The maximum absolute atomic E-state index is 13.5. The molecule has 3 amide bonds. The number of carbonyl (C=O) groups excluding carboxylic acids is 3. The van der Waals surface area contributed by atoms with Crippen molar-refractivity contribution in [2.75, 3.05) is 26.3 Å². The van der Waals surface area contributed by atoms with Crippen LogP contribution in [0.3, 0.4) is 0 Å². The number of aromatic amines is 1. The molecule has 2 aromatic carbocycles. The van der Waals surface area contributed by atoms with Gasteiger partial charge in [0.15, 0.2) is 6.61 Å². The summed E-state index contributed by atoms with van der Waals surface area (Å²) in [5.74, 6) is 1.12. The molecule has 11 heteroatoms. The smallest absolute Gasteiger partial charge is 0.258 e. The topological polar surface area (TPSA) is 135 Å². The summed E-state index contributed by atoms with van der Waals surface area (Å²) in [4.78, 5) is 40.6. The average molecular weight is 532 g/mol. The van der Waals surface area contributed by atoms with Crippen molar-refractivity contribution in [3.63, 3.8) is 0 Å². The summed E-state index contributed by atoms with van der Waals surface area (Å²) in [6.45, 7) is 1.23. The van der Waals surface area contributed by atoms with E-state index in [9.17, 15) is 14.4 Å².